The minimum absolute atomic E-state index is 0.0780. The highest BCUT2D eigenvalue weighted by Crippen LogP contribution is 2.30. The number of aromatic nitrogens is 4. The smallest absolute Gasteiger partial charge is 0.333 e. The lowest BCUT2D eigenvalue weighted by Gasteiger charge is -2.33. The number of imidazole rings is 1. The number of ether oxygens (including phenoxy) is 1. The highest BCUT2D eigenvalue weighted by molar-refractivity contribution is 7.89. The molecule has 6 rings (SSSR count). The molecule has 1 N–H and O–H groups in total. The number of benzene rings is 1. The maximum Gasteiger partial charge on any atom is 0.333 e. The number of rotatable bonds is 6. The second-order valence-corrected chi connectivity index (χ2v) is 13.0. The zero-order valence-corrected chi connectivity index (χ0v) is 23.1. The van der Waals surface area contributed by atoms with Gasteiger partial charge in [0.1, 0.15) is 0 Å². The lowest BCUT2D eigenvalue weighted by atomic mass is 9.91. The van der Waals surface area contributed by atoms with E-state index in [0.717, 1.165) is 61.9 Å². The van der Waals surface area contributed by atoms with E-state index < -0.39 is 10.0 Å². The normalized spacial score (nSPS) is 24.1. The molecule has 0 atom stereocenters. The van der Waals surface area contributed by atoms with Crippen LogP contribution in [0.2, 0.25) is 0 Å². The second kappa shape index (κ2) is 10.9. The molecule has 1 saturated carbocycles. The van der Waals surface area contributed by atoms with Gasteiger partial charge in [-0.1, -0.05) is 12.1 Å². The molecule has 0 spiro atoms. The Morgan fingerprint density at radius 3 is 2.54 bits per heavy atom. The summed E-state index contributed by atoms with van der Waals surface area (Å²) in [6.07, 6.45) is 9.36. The predicted octanol–water partition coefficient (Wildman–Crippen LogP) is 3.51. The van der Waals surface area contributed by atoms with Gasteiger partial charge in [0.25, 0.3) is 0 Å². The molecule has 0 unspecified atom stereocenters. The van der Waals surface area contributed by atoms with Crippen molar-refractivity contribution in [3.63, 3.8) is 0 Å². The largest absolute Gasteiger partial charge is 0.381 e. The van der Waals surface area contributed by atoms with E-state index in [-0.39, 0.29) is 29.6 Å². The quantitative estimate of drug-likeness (QED) is 0.498. The van der Waals surface area contributed by atoms with E-state index >= 15 is 0 Å². The van der Waals surface area contributed by atoms with Gasteiger partial charge in [-0.3, -0.25) is 9.13 Å². The summed E-state index contributed by atoms with van der Waals surface area (Å²) in [7, 11) is -3.09. The Labute approximate surface area is 229 Å². The summed E-state index contributed by atoms with van der Waals surface area (Å²) in [5, 5.41) is 3.48. The summed E-state index contributed by atoms with van der Waals surface area (Å²) in [5.74, 6) is 0.794. The molecule has 2 saturated heterocycles. The lowest BCUT2D eigenvalue weighted by Crippen LogP contribution is -2.41. The minimum Gasteiger partial charge on any atom is -0.381 e. The maximum absolute atomic E-state index is 13.7. The summed E-state index contributed by atoms with van der Waals surface area (Å²) in [6, 6.07) is 10.1. The summed E-state index contributed by atoms with van der Waals surface area (Å²) in [4.78, 5) is 23.1. The van der Waals surface area contributed by atoms with Crippen molar-refractivity contribution in [3.05, 3.63) is 58.8 Å². The van der Waals surface area contributed by atoms with Crippen LogP contribution < -0.4 is 11.0 Å². The van der Waals surface area contributed by atoms with Crippen molar-refractivity contribution in [2.24, 2.45) is 0 Å². The molecule has 3 aromatic rings. The second-order valence-electron chi connectivity index (χ2n) is 10.9. The van der Waals surface area contributed by atoms with Crippen LogP contribution in [0, 0.1) is 6.92 Å². The Morgan fingerprint density at radius 2 is 1.82 bits per heavy atom. The molecule has 2 aliphatic heterocycles. The number of hydrogen-bond donors (Lipinski definition) is 1. The van der Waals surface area contributed by atoms with Crippen LogP contribution in [0.5, 0.6) is 0 Å². The van der Waals surface area contributed by atoms with Gasteiger partial charge in [-0.2, -0.15) is 4.31 Å². The van der Waals surface area contributed by atoms with E-state index in [2.05, 4.69) is 10.3 Å². The maximum atomic E-state index is 13.7. The Kier molecular flexibility index (Phi) is 7.30. The first-order chi connectivity index (χ1) is 18.9. The van der Waals surface area contributed by atoms with Crippen LogP contribution in [0.4, 0.5) is 5.95 Å². The number of nitrogens with one attached hydrogen (secondary N) is 1. The molecule has 39 heavy (non-hydrogen) atoms. The minimum atomic E-state index is -3.09. The molecule has 0 radical (unpaired) electrons. The van der Waals surface area contributed by atoms with Crippen molar-refractivity contribution in [3.8, 4) is 17.1 Å². The molecule has 3 aliphatic rings. The molecular weight excluding hydrogens is 516 g/mol. The molecule has 1 aromatic carbocycles. The van der Waals surface area contributed by atoms with Crippen LogP contribution in [0.3, 0.4) is 0 Å². The van der Waals surface area contributed by atoms with Crippen LogP contribution in [-0.2, 0) is 14.8 Å². The summed E-state index contributed by atoms with van der Waals surface area (Å²) < 4.78 is 35.5. The fourth-order valence-electron chi connectivity index (χ4n) is 6.22. The van der Waals surface area contributed by atoms with Crippen molar-refractivity contribution >= 4 is 16.0 Å². The molecule has 4 heterocycles. The van der Waals surface area contributed by atoms with E-state index in [1.807, 2.05) is 48.0 Å². The summed E-state index contributed by atoms with van der Waals surface area (Å²) in [6.45, 7) is 3.96. The van der Waals surface area contributed by atoms with Gasteiger partial charge in [0.2, 0.25) is 16.0 Å². The van der Waals surface area contributed by atoms with Crippen molar-refractivity contribution in [2.75, 3.05) is 30.8 Å². The van der Waals surface area contributed by atoms with Crippen LogP contribution >= 0.6 is 0 Å². The van der Waals surface area contributed by atoms with E-state index in [9.17, 15) is 13.2 Å². The van der Waals surface area contributed by atoms with Gasteiger partial charge in [0.05, 0.1) is 22.8 Å². The standard InChI is InChI=1S/C28H36N6O4S/c1-20-4-2-5-24(18-20)34-26(19-32(28(34)35)22-11-15-38-16-12-22)25-10-13-29-27(31-25)30-21-6-8-23(9-7-21)33-14-3-17-39(33,36)37/h2,4-5,10,13,18-19,21-23H,3,6-9,11-12,14-17H2,1H3,(H,29,30,31). The number of nitrogens with zero attached hydrogens (tertiary/aromatic N) is 5. The number of sulfonamides is 1. The Morgan fingerprint density at radius 1 is 1.03 bits per heavy atom. The zero-order chi connectivity index (χ0) is 27.0. The van der Waals surface area contributed by atoms with Gasteiger partial charge in [-0.15, -0.1) is 0 Å². The molecule has 11 heteroatoms. The fourth-order valence-corrected chi connectivity index (χ4v) is 8.02. The number of aryl methyl sites for hydroxylation is 1. The third kappa shape index (κ3) is 5.39. The fraction of sp³-hybridized carbons (Fsp3) is 0.536. The van der Waals surface area contributed by atoms with Crippen molar-refractivity contribution < 1.29 is 13.2 Å². The first kappa shape index (κ1) is 26.2. The van der Waals surface area contributed by atoms with Gasteiger partial charge < -0.3 is 10.1 Å². The summed E-state index contributed by atoms with van der Waals surface area (Å²) in [5.41, 5.74) is 3.21. The third-order valence-corrected chi connectivity index (χ3v) is 10.3. The number of hydrogen-bond acceptors (Lipinski definition) is 7. The molecule has 208 valence electrons. The Hall–Kier alpha value is -3.02. The van der Waals surface area contributed by atoms with Crippen molar-refractivity contribution in [1.82, 2.24) is 23.4 Å². The molecule has 2 aromatic heterocycles. The van der Waals surface area contributed by atoms with E-state index in [1.54, 1.807) is 15.1 Å². The van der Waals surface area contributed by atoms with Crippen LogP contribution in [0.25, 0.3) is 17.1 Å². The van der Waals surface area contributed by atoms with Crippen LogP contribution in [0.1, 0.15) is 56.6 Å². The average Bonchev–Trinajstić information content (AvgIpc) is 3.48. The van der Waals surface area contributed by atoms with Gasteiger partial charge in [0.15, 0.2) is 0 Å². The molecular formula is C28H36N6O4S. The monoisotopic (exact) mass is 552 g/mol. The topological polar surface area (TPSA) is 111 Å². The van der Waals surface area contributed by atoms with E-state index in [1.165, 1.54) is 0 Å². The molecule has 3 fully saturated rings. The molecule has 1 aliphatic carbocycles. The van der Waals surface area contributed by atoms with E-state index in [4.69, 9.17) is 9.72 Å². The third-order valence-electron chi connectivity index (χ3n) is 8.25. The van der Waals surface area contributed by atoms with Gasteiger partial charge in [0, 0.05) is 50.3 Å². The Balaban J connectivity index is 1.25. The lowest BCUT2D eigenvalue weighted by molar-refractivity contribution is 0.0686. The van der Waals surface area contributed by atoms with Gasteiger partial charge in [-0.25, -0.2) is 23.2 Å². The van der Waals surface area contributed by atoms with Crippen molar-refractivity contribution in [1.29, 1.82) is 0 Å². The first-order valence-corrected chi connectivity index (χ1v) is 15.6. The highest BCUT2D eigenvalue weighted by atomic mass is 32.2. The van der Waals surface area contributed by atoms with Crippen LogP contribution in [-0.4, -0.2) is 69.4 Å². The molecule has 10 nitrogen and oxygen atoms in total. The number of anilines is 1. The first-order valence-electron chi connectivity index (χ1n) is 14.0. The highest BCUT2D eigenvalue weighted by Gasteiger charge is 2.36. The van der Waals surface area contributed by atoms with Crippen LogP contribution in [0.15, 0.2) is 47.5 Å². The zero-order valence-electron chi connectivity index (χ0n) is 22.3. The Bertz CT molecular complexity index is 1490. The average molecular weight is 553 g/mol. The van der Waals surface area contributed by atoms with Crippen molar-refractivity contribution in [2.45, 2.75) is 70.0 Å². The summed E-state index contributed by atoms with van der Waals surface area (Å²) >= 11 is 0. The van der Waals surface area contributed by atoms with Gasteiger partial charge >= 0.3 is 5.69 Å². The molecule has 0 bridgehead atoms. The SMILES string of the molecule is Cc1cccc(-n2c(-c3ccnc(NC4CCC(N5CCCS5(=O)=O)CC4)n3)cn(C3CCOCC3)c2=O)c1. The predicted molar refractivity (Wildman–Crippen MR) is 150 cm³/mol. The molecule has 0 amide bonds. The van der Waals surface area contributed by atoms with E-state index in [0.29, 0.717) is 31.4 Å². The van der Waals surface area contributed by atoms with Gasteiger partial charge in [-0.05, 0) is 75.6 Å².